The number of likely N-dealkylation sites (N-methyl/N-ethyl adjacent to an activating group) is 1. The van der Waals surface area contributed by atoms with Crippen LogP contribution in [0.4, 0.5) is 5.13 Å². The summed E-state index contributed by atoms with van der Waals surface area (Å²) in [4.78, 5) is 22.9. The number of fused-ring (bicyclic) bond motifs is 1. The first-order valence-corrected chi connectivity index (χ1v) is 13.5. The van der Waals surface area contributed by atoms with Crippen LogP contribution < -0.4 is 4.90 Å². The van der Waals surface area contributed by atoms with E-state index in [4.69, 9.17) is 14.5 Å². The summed E-state index contributed by atoms with van der Waals surface area (Å²) in [6.07, 6.45) is 12.9. The maximum absolute atomic E-state index is 11.9. The minimum absolute atomic E-state index is 0.0599. The lowest BCUT2D eigenvalue weighted by Gasteiger charge is -2.43. The second-order valence-electron chi connectivity index (χ2n) is 9.82. The molecule has 0 amide bonds. The molecular formula is C27H39N3O3S. The Morgan fingerprint density at radius 1 is 1.26 bits per heavy atom. The molecule has 4 rings (SSSR count). The summed E-state index contributed by atoms with van der Waals surface area (Å²) < 4.78 is 11.6. The smallest absolute Gasteiger partial charge is 0.306 e. The van der Waals surface area contributed by atoms with Gasteiger partial charge in [0, 0.05) is 55.2 Å². The zero-order chi connectivity index (χ0) is 24.1. The monoisotopic (exact) mass is 485 g/mol. The summed E-state index contributed by atoms with van der Waals surface area (Å²) in [5.41, 5.74) is 2.43. The van der Waals surface area contributed by atoms with Crippen molar-refractivity contribution in [2.24, 2.45) is 11.3 Å². The Bertz CT molecular complexity index is 958. The number of aryl methyl sites for hydroxylation is 1. The molecule has 7 heteroatoms. The van der Waals surface area contributed by atoms with Crippen LogP contribution in [0.2, 0.25) is 0 Å². The van der Waals surface area contributed by atoms with Crippen molar-refractivity contribution in [3.8, 4) is 0 Å². The number of carbonyl (C=O) groups excluding carboxylic acids is 1. The normalized spacial score (nSPS) is 24.9. The summed E-state index contributed by atoms with van der Waals surface area (Å²) in [5.74, 6) is 1.23. The summed E-state index contributed by atoms with van der Waals surface area (Å²) >= 11 is 1.81. The van der Waals surface area contributed by atoms with E-state index in [1.54, 1.807) is 11.3 Å². The molecule has 2 unspecified atom stereocenters. The number of esters is 1. The lowest BCUT2D eigenvalue weighted by atomic mass is 9.63. The zero-order valence-electron chi connectivity index (χ0n) is 21.1. The van der Waals surface area contributed by atoms with Gasteiger partial charge in [-0.1, -0.05) is 30.7 Å². The molecule has 3 aliphatic rings. The van der Waals surface area contributed by atoms with Gasteiger partial charge >= 0.3 is 5.97 Å². The van der Waals surface area contributed by atoms with E-state index < -0.39 is 0 Å². The summed E-state index contributed by atoms with van der Waals surface area (Å²) in [7, 11) is 2.18. The van der Waals surface area contributed by atoms with Gasteiger partial charge in [0.25, 0.3) is 0 Å². The fourth-order valence-corrected chi connectivity index (χ4v) is 6.30. The second kappa shape index (κ2) is 11.1. The number of anilines is 1. The molecule has 6 nitrogen and oxygen atoms in total. The van der Waals surface area contributed by atoms with E-state index in [0.717, 1.165) is 68.4 Å². The van der Waals surface area contributed by atoms with Gasteiger partial charge in [-0.25, -0.2) is 4.98 Å². The molecule has 0 aromatic carbocycles. The van der Waals surface area contributed by atoms with Crippen LogP contribution in [0.1, 0.15) is 50.1 Å². The Hall–Kier alpha value is -2.12. The minimum atomic E-state index is -0.114. The Morgan fingerprint density at radius 3 is 2.82 bits per heavy atom. The molecule has 34 heavy (non-hydrogen) atoms. The SMILES string of the molecule is CCOC(=O)CCC1=CCCC2(C)C(OCCc3nc(N4CCN(C)CC4)sc3C)=CC=CC12. The van der Waals surface area contributed by atoms with Crippen molar-refractivity contribution < 1.29 is 14.3 Å². The molecule has 2 heterocycles. The van der Waals surface area contributed by atoms with Gasteiger partial charge in [0.1, 0.15) is 5.76 Å². The number of ether oxygens (including phenoxy) is 2. The third-order valence-electron chi connectivity index (χ3n) is 7.44. The van der Waals surface area contributed by atoms with E-state index in [0.29, 0.717) is 19.6 Å². The Labute approximate surface area is 208 Å². The highest BCUT2D eigenvalue weighted by molar-refractivity contribution is 7.15. The predicted octanol–water partition coefficient (Wildman–Crippen LogP) is 4.90. The maximum atomic E-state index is 11.9. The Kier molecular flexibility index (Phi) is 8.14. The van der Waals surface area contributed by atoms with Gasteiger partial charge in [0.15, 0.2) is 5.13 Å². The van der Waals surface area contributed by atoms with Crippen molar-refractivity contribution >= 4 is 22.4 Å². The first-order chi connectivity index (χ1) is 16.4. The van der Waals surface area contributed by atoms with Crippen molar-refractivity contribution in [3.05, 3.63) is 46.2 Å². The number of hydrogen-bond donors (Lipinski definition) is 0. The van der Waals surface area contributed by atoms with Crippen LogP contribution in [0.25, 0.3) is 0 Å². The molecule has 2 aliphatic carbocycles. The van der Waals surface area contributed by atoms with Crippen LogP contribution in [0.15, 0.2) is 35.6 Å². The van der Waals surface area contributed by atoms with E-state index in [2.05, 4.69) is 55.0 Å². The van der Waals surface area contributed by atoms with Gasteiger partial charge in [0.05, 0.1) is 18.9 Å². The van der Waals surface area contributed by atoms with Crippen LogP contribution in [-0.2, 0) is 20.7 Å². The third-order valence-corrected chi connectivity index (χ3v) is 8.52. The van der Waals surface area contributed by atoms with Crippen LogP contribution >= 0.6 is 11.3 Å². The number of aromatic nitrogens is 1. The van der Waals surface area contributed by atoms with Gasteiger partial charge in [-0.05, 0) is 46.2 Å². The van der Waals surface area contributed by atoms with Crippen molar-refractivity contribution in [1.29, 1.82) is 0 Å². The lowest BCUT2D eigenvalue weighted by molar-refractivity contribution is -0.143. The zero-order valence-corrected chi connectivity index (χ0v) is 22.0. The fraction of sp³-hybridized carbons (Fsp3) is 0.630. The third kappa shape index (κ3) is 5.57. The topological polar surface area (TPSA) is 54.9 Å². The summed E-state index contributed by atoms with van der Waals surface area (Å²) in [5, 5.41) is 1.15. The summed E-state index contributed by atoms with van der Waals surface area (Å²) in [6, 6.07) is 0. The number of thiazole rings is 1. The number of hydrogen-bond acceptors (Lipinski definition) is 7. The maximum Gasteiger partial charge on any atom is 0.306 e. The van der Waals surface area contributed by atoms with E-state index in [-0.39, 0.29) is 17.3 Å². The van der Waals surface area contributed by atoms with Crippen molar-refractivity contribution in [2.75, 3.05) is 51.3 Å². The van der Waals surface area contributed by atoms with Crippen LogP contribution in [-0.4, -0.2) is 62.3 Å². The number of piperazine rings is 1. The Morgan fingerprint density at radius 2 is 2.06 bits per heavy atom. The average molecular weight is 486 g/mol. The molecule has 2 atom stereocenters. The Balaban J connectivity index is 1.34. The highest BCUT2D eigenvalue weighted by atomic mass is 32.1. The fourth-order valence-electron chi connectivity index (χ4n) is 5.29. The van der Waals surface area contributed by atoms with E-state index in [1.807, 2.05) is 6.92 Å². The molecule has 1 saturated heterocycles. The molecule has 1 fully saturated rings. The molecule has 0 spiro atoms. The number of nitrogens with zero attached hydrogens (tertiary/aromatic N) is 3. The van der Waals surface area contributed by atoms with Crippen molar-refractivity contribution in [1.82, 2.24) is 9.88 Å². The molecule has 0 bridgehead atoms. The number of rotatable bonds is 9. The molecule has 0 N–H and O–H groups in total. The molecule has 1 aliphatic heterocycles. The average Bonchev–Trinajstić information content (AvgIpc) is 3.19. The standard InChI is InChI=1S/C27H39N3O3S/c1-5-32-25(31)12-11-21-8-7-14-27(3)22(21)9-6-10-24(27)33-19-13-23-20(2)34-26(28-23)30-17-15-29(4)16-18-30/h6,8-10,22H,5,7,11-19H2,1-4H3. The van der Waals surface area contributed by atoms with Gasteiger partial charge in [0.2, 0.25) is 0 Å². The molecule has 1 aromatic heterocycles. The van der Waals surface area contributed by atoms with E-state index in [1.165, 1.54) is 10.5 Å². The molecular weight excluding hydrogens is 446 g/mol. The predicted molar refractivity (Wildman–Crippen MR) is 138 cm³/mol. The first kappa shape index (κ1) is 25.0. The van der Waals surface area contributed by atoms with Gasteiger partial charge in [-0.2, -0.15) is 0 Å². The molecule has 186 valence electrons. The van der Waals surface area contributed by atoms with Crippen LogP contribution in [0.5, 0.6) is 0 Å². The number of carbonyl (C=O) groups is 1. The second-order valence-corrected chi connectivity index (χ2v) is 11.0. The highest BCUT2D eigenvalue weighted by Crippen LogP contribution is 2.50. The largest absolute Gasteiger partial charge is 0.497 e. The van der Waals surface area contributed by atoms with E-state index >= 15 is 0 Å². The van der Waals surface area contributed by atoms with Gasteiger partial charge in [-0.15, -0.1) is 11.3 Å². The van der Waals surface area contributed by atoms with Crippen LogP contribution in [0, 0.1) is 18.3 Å². The number of allylic oxidation sites excluding steroid dienone is 6. The quantitative estimate of drug-likeness (QED) is 0.366. The minimum Gasteiger partial charge on any atom is -0.497 e. The van der Waals surface area contributed by atoms with E-state index in [9.17, 15) is 4.79 Å². The molecule has 0 radical (unpaired) electrons. The highest BCUT2D eigenvalue weighted by Gasteiger charge is 2.42. The van der Waals surface area contributed by atoms with Crippen molar-refractivity contribution in [3.63, 3.8) is 0 Å². The molecule has 0 saturated carbocycles. The lowest BCUT2D eigenvalue weighted by Crippen LogP contribution is -2.44. The first-order valence-electron chi connectivity index (χ1n) is 12.7. The van der Waals surface area contributed by atoms with Gasteiger partial charge in [-0.3, -0.25) is 4.79 Å². The van der Waals surface area contributed by atoms with Crippen LogP contribution in [0.3, 0.4) is 0 Å². The van der Waals surface area contributed by atoms with Gasteiger partial charge < -0.3 is 19.3 Å². The summed E-state index contributed by atoms with van der Waals surface area (Å²) in [6.45, 7) is 11.7. The van der Waals surface area contributed by atoms with Crippen molar-refractivity contribution in [2.45, 2.75) is 52.9 Å². The molecule has 1 aromatic rings.